The Labute approximate surface area is 103 Å². The molecule has 92 valence electrons. The van der Waals surface area contributed by atoms with Crippen LogP contribution in [-0.2, 0) is 0 Å². The number of nitrogens with zero attached hydrogens (tertiary/aromatic N) is 2. The lowest BCUT2D eigenvalue weighted by molar-refractivity contribution is 0.628. The van der Waals surface area contributed by atoms with Gasteiger partial charge in [-0.05, 0) is 34.1 Å². The zero-order chi connectivity index (χ0) is 12.3. The first-order valence-electron chi connectivity index (χ1n) is 6.00. The normalized spacial score (nSPS) is 14.9. The van der Waals surface area contributed by atoms with Gasteiger partial charge in [0.2, 0.25) is 0 Å². The van der Waals surface area contributed by atoms with E-state index in [1.54, 1.807) is 11.3 Å². The molecule has 1 aromatic heterocycles. The van der Waals surface area contributed by atoms with E-state index in [0.717, 1.165) is 23.8 Å². The van der Waals surface area contributed by atoms with E-state index in [0.29, 0.717) is 6.04 Å². The minimum absolute atomic E-state index is 0.0851. The van der Waals surface area contributed by atoms with E-state index >= 15 is 0 Å². The Morgan fingerprint density at radius 1 is 1.38 bits per heavy atom. The van der Waals surface area contributed by atoms with Crippen molar-refractivity contribution in [3.63, 3.8) is 0 Å². The van der Waals surface area contributed by atoms with Gasteiger partial charge >= 0.3 is 0 Å². The fourth-order valence-corrected chi connectivity index (χ4v) is 2.98. The van der Waals surface area contributed by atoms with Crippen LogP contribution < -0.4 is 10.6 Å². The number of aryl methyl sites for hydroxylation is 1. The van der Waals surface area contributed by atoms with Crippen molar-refractivity contribution in [3.8, 4) is 0 Å². The summed E-state index contributed by atoms with van der Waals surface area (Å²) in [5, 5.41) is 1.11. The Morgan fingerprint density at radius 2 is 2.00 bits per heavy atom. The first-order valence-corrected chi connectivity index (χ1v) is 6.82. The van der Waals surface area contributed by atoms with E-state index < -0.39 is 0 Å². The predicted molar refractivity (Wildman–Crippen MR) is 72.2 cm³/mol. The van der Waals surface area contributed by atoms with Crippen LogP contribution in [0.15, 0.2) is 0 Å². The maximum absolute atomic E-state index is 5.93. The topological polar surface area (TPSA) is 42.2 Å². The minimum Gasteiger partial charge on any atom is -0.346 e. The van der Waals surface area contributed by atoms with Crippen LogP contribution in [0.2, 0.25) is 0 Å². The quantitative estimate of drug-likeness (QED) is 0.861. The Bertz CT molecular complexity index is 333. The monoisotopic (exact) mass is 241 g/mol. The molecule has 2 N–H and O–H groups in total. The lowest BCUT2D eigenvalue weighted by Crippen LogP contribution is -2.32. The molecule has 2 atom stereocenters. The second-order valence-corrected chi connectivity index (χ2v) is 5.29. The SMILES string of the molecule is CCC(C)N(CC)c1nc(C)c(C(C)N)s1. The summed E-state index contributed by atoms with van der Waals surface area (Å²) in [5.41, 5.74) is 7.01. The molecule has 0 spiro atoms. The van der Waals surface area contributed by atoms with Crippen LogP contribution >= 0.6 is 11.3 Å². The van der Waals surface area contributed by atoms with E-state index in [1.807, 2.05) is 13.8 Å². The molecule has 0 fully saturated rings. The highest BCUT2D eigenvalue weighted by Gasteiger charge is 2.18. The number of aromatic nitrogens is 1. The summed E-state index contributed by atoms with van der Waals surface area (Å²) in [5.74, 6) is 0. The van der Waals surface area contributed by atoms with Gasteiger partial charge in [-0.25, -0.2) is 4.98 Å². The zero-order valence-electron chi connectivity index (χ0n) is 10.9. The van der Waals surface area contributed by atoms with Gasteiger partial charge in [0, 0.05) is 23.5 Å². The van der Waals surface area contributed by atoms with Crippen LogP contribution in [-0.4, -0.2) is 17.6 Å². The smallest absolute Gasteiger partial charge is 0.186 e. The zero-order valence-corrected chi connectivity index (χ0v) is 11.8. The minimum atomic E-state index is 0.0851. The van der Waals surface area contributed by atoms with E-state index in [4.69, 9.17) is 5.73 Å². The summed E-state index contributed by atoms with van der Waals surface area (Å²) < 4.78 is 0. The van der Waals surface area contributed by atoms with Crippen LogP contribution in [0.1, 0.15) is 50.7 Å². The molecule has 0 saturated carbocycles. The summed E-state index contributed by atoms with van der Waals surface area (Å²) in [6.45, 7) is 11.7. The molecule has 0 aliphatic rings. The number of hydrogen-bond donors (Lipinski definition) is 1. The van der Waals surface area contributed by atoms with Crippen molar-refractivity contribution >= 4 is 16.5 Å². The van der Waals surface area contributed by atoms with Gasteiger partial charge in [-0.3, -0.25) is 0 Å². The number of anilines is 1. The molecule has 1 aromatic rings. The van der Waals surface area contributed by atoms with Crippen molar-refractivity contribution < 1.29 is 0 Å². The molecule has 16 heavy (non-hydrogen) atoms. The summed E-state index contributed by atoms with van der Waals surface area (Å²) >= 11 is 1.73. The van der Waals surface area contributed by atoms with Gasteiger partial charge in [0.05, 0.1) is 5.69 Å². The molecule has 0 saturated heterocycles. The highest BCUT2D eigenvalue weighted by Crippen LogP contribution is 2.30. The Morgan fingerprint density at radius 3 is 2.38 bits per heavy atom. The average Bonchev–Trinajstić information content (AvgIpc) is 2.61. The summed E-state index contributed by atoms with van der Waals surface area (Å²) in [6.07, 6.45) is 1.14. The average molecular weight is 241 g/mol. The van der Waals surface area contributed by atoms with Gasteiger partial charge in [0.25, 0.3) is 0 Å². The van der Waals surface area contributed by atoms with Crippen molar-refractivity contribution in [2.24, 2.45) is 5.73 Å². The summed E-state index contributed by atoms with van der Waals surface area (Å²) in [7, 11) is 0. The molecule has 0 aliphatic heterocycles. The number of rotatable bonds is 5. The van der Waals surface area contributed by atoms with Gasteiger partial charge < -0.3 is 10.6 Å². The Kier molecular flexibility index (Phi) is 4.74. The van der Waals surface area contributed by atoms with Crippen LogP contribution in [0.5, 0.6) is 0 Å². The second-order valence-electron chi connectivity index (χ2n) is 4.28. The molecule has 2 unspecified atom stereocenters. The third kappa shape index (κ3) is 2.74. The second kappa shape index (κ2) is 5.64. The molecule has 1 heterocycles. The lowest BCUT2D eigenvalue weighted by atomic mass is 10.2. The fraction of sp³-hybridized carbons (Fsp3) is 0.750. The molecule has 4 heteroatoms. The maximum Gasteiger partial charge on any atom is 0.186 e. The standard InChI is InChI=1S/C12H23N3S/c1-6-8(3)15(7-2)12-14-10(5)11(16-12)9(4)13/h8-9H,6-7,13H2,1-5H3. The van der Waals surface area contributed by atoms with E-state index in [2.05, 4.69) is 30.7 Å². The maximum atomic E-state index is 5.93. The van der Waals surface area contributed by atoms with Crippen molar-refractivity contribution in [3.05, 3.63) is 10.6 Å². The molecule has 3 nitrogen and oxygen atoms in total. The van der Waals surface area contributed by atoms with Gasteiger partial charge in [-0.15, -0.1) is 11.3 Å². The lowest BCUT2D eigenvalue weighted by Gasteiger charge is -2.26. The molecular weight excluding hydrogens is 218 g/mol. The predicted octanol–water partition coefficient (Wildman–Crippen LogP) is 3.10. The number of thiazole rings is 1. The molecule has 0 aliphatic carbocycles. The van der Waals surface area contributed by atoms with Gasteiger partial charge in [-0.2, -0.15) is 0 Å². The molecule has 1 rings (SSSR count). The van der Waals surface area contributed by atoms with Gasteiger partial charge in [0.1, 0.15) is 0 Å². The van der Waals surface area contributed by atoms with Crippen molar-refractivity contribution in [1.82, 2.24) is 4.98 Å². The highest BCUT2D eigenvalue weighted by atomic mass is 32.1. The van der Waals surface area contributed by atoms with Crippen LogP contribution in [0.4, 0.5) is 5.13 Å². The molecule has 0 amide bonds. The Balaban J connectivity index is 2.98. The van der Waals surface area contributed by atoms with Crippen LogP contribution in [0.25, 0.3) is 0 Å². The third-order valence-electron chi connectivity index (χ3n) is 2.94. The summed E-state index contributed by atoms with van der Waals surface area (Å²) in [6, 6.07) is 0.623. The van der Waals surface area contributed by atoms with Crippen molar-refractivity contribution in [1.29, 1.82) is 0 Å². The third-order valence-corrected chi connectivity index (χ3v) is 4.34. The van der Waals surface area contributed by atoms with E-state index in [1.165, 1.54) is 4.88 Å². The number of hydrogen-bond acceptors (Lipinski definition) is 4. The van der Waals surface area contributed by atoms with E-state index in [-0.39, 0.29) is 6.04 Å². The number of nitrogens with two attached hydrogens (primary N) is 1. The van der Waals surface area contributed by atoms with Crippen molar-refractivity contribution in [2.75, 3.05) is 11.4 Å². The Hall–Kier alpha value is -0.610. The molecule has 0 bridgehead atoms. The molecular formula is C12H23N3S. The van der Waals surface area contributed by atoms with Crippen molar-refractivity contribution in [2.45, 2.75) is 53.1 Å². The molecule has 0 aromatic carbocycles. The summed E-state index contributed by atoms with van der Waals surface area (Å²) in [4.78, 5) is 8.19. The van der Waals surface area contributed by atoms with E-state index in [9.17, 15) is 0 Å². The first-order chi connectivity index (χ1) is 7.51. The van der Waals surface area contributed by atoms with Crippen LogP contribution in [0, 0.1) is 6.92 Å². The van der Waals surface area contributed by atoms with Gasteiger partial charge in [0.15, 0.2) is 5.13 Å². The highest BCUT2D eigenvalue weighted by molar-refractivity contribution is 7.15. The van der Waals surface area contributed by atoms with Crippen LogP contribution in [0.3, 0.4) is 0 Å². The largest absolute Gasteiger partial charge is 0.346 e. The fourth-order valence-electron chi connectivity index (χ4n) is 1.79. The molecule has 0 radical (unpaired) electrons. The van der Waals surface area contributed by atoms with Gasteiger partial charge in [-0.1, -0.05) is 6.92 Å². The first kappa shape index (κ1) is 13.5.